The molecule has 0 unspecified atom stereocenters. The molecule has 0 spiro atoms. The second-order valence-electron chi connectivity index (χ2n) is 5.59. The summed E-state index contributed by atoms with van der Waals surface area (Å²) < 4.78 is 43.2. The van der Waals surface area contributed by atoms with E-state index in [1.165, 1.54) is 17.8 Å². The third-order valence-corrected chi connectivity index (χ3v) is 3.80. The van der Waals surface area contributed by atoms with Gasteiger partial charge in [0.25, 0.3) is 0 Å². The van der Waals surface area contributed by atoms with Crippen molar-refractivity contribution in [2.45, 2.75) is 45.1 Å². The van der Waals surface area contributed by atoms with E-state index in [4.69, 9.17) is 5.73 Å². The number of aromatic nitrogens is 1. The van der Waals surface area contributed by atoms with Gasteiger partial charge in [0.05, 0.1) is 0 Å². The van der Waals surface area contributed by atoms with Crippen LogP contribution in [0.1, 0.15) is 24.6 Å². The van der Waals surface area contributed by atoms with Crippen LogP contribution in [-0.2, 0) is 19.4 Å². The molecule has 1 aliphatic rings. The van der Waals surface area contributed by atoms with Crippen LogP contribution < -0.4 is 10.5 Å². The normalized spacial score (nSPS) is 16.2. The van der Waals surface area contributed by atoms with Crippen LogP contribution in [0.5, 0.6) is 5.75 Å². The predicted molar refractivity (Wildman–Crippen MR) is 74.3 cm³/mol. The second-order valence-corrected chi connectivity index (χ2v) is 5.59. The molecule has 3 rings (SSSR count). The number of nitrogens with two attached hydrogens (primary N) is 1. The van der Waals surface area contributed by atoms with Gasteiger partial charge in [-0.1, -0.05) is 0 Å². The first-order chi connectivity index (χ1) is 9.85. The molecule has 3 nitrogen and oxygen atoms in total. The van der Waals surface area contributed by atoms with Crippen molar-refractivity contribution in [1.82, 2.24) is 4.57 Å². The number of ether oxygens (including phenoxy) is 1. The lowest BCUT2D eigenvalue weighted by atomic mass is 10.1. The molecule has 0 amide bonds. The topological polar surface area (TPSA) is 40.2 Å². The molecule has 6 heteroatoms. The third kappa shape index (κ3) is 2.72. The molecule has 114 valence electrons. The van der Waals surface area contributed by atoms with Gasteiger partial charge < -0.3 is 15.0 Å². The Bertz CT molecular complexity index is 674. The molecule has 0 radical (unpaired) electrons. The number of hydrogen-bond donors (Lipinski definition) is 1. The summed E-state index contributed by atoms with van der Waals surface area (Å²) in [6.45, 7) is 2.60. The van der Waals surface area contributed by atoms with E-state index in [1.807, 2.05) is 6.92 Å². The monoisotopic (exact) mass is 298 g/mol. The quantitative estimate of drug-likeness (QED) is 0.943. The highest BCUT2D eigenvalue weighted by Gasteiger charge is 2.31. The molecule has 1 aromatic heterocycles. The lowest BCUT2D eigenvalue weighted by molar-refractivity contribution is -0.274. The summed E-state index contributed by atoms with van der Waals surface area (Å²) in [5.74, 6) is -0.164. The highest BCUT2D eigenvalue weighted by Crippen LogP contribution is 2.36. The molecule has 0 saturated carbocycles. The maximum atomic E-state index is 12.3. The van der Waals surface area contributed by atoms with Crippen molar-refractivity contribution < 1.29 is 17.9 Å². The summed E-state index contributed by atoms with van der Waals surface area (Å²) in [7, 11) is 0. The van der Waals surface area contributed by atoms with Crippen LogP contribution in [0.3, 0.4) is 0 Å². The fourth-order valence-electron chi connectivity index (χ4n) is 3.15. The Balaban J connectivity index is 2.09. The lowest BCUT2D eigenvalue weighted by Gasteiger charge is -2.13. The molecule has 21 heavy (non-hydrogen) atoms. The number of nitrogens with zero attached hydrogens (tertiary/aromatic N) is 1. The average molecular weight is 298 g/mol. The van der Waals surface area contributed by atoms with E-state index in [1.54, 1.807) is 6.07 Å². The number of halogens is 3. The van der Waals surface area contributed by atoms with Gasteiger partial charge >= 0.3 is 6.36 Å². The Morgan fingerprint density at radius 1 is 1.33 bits per heavy atom. The van der Waals surface area contributed by atoms with Crippen molar-refractivity contribution in [1.29, 1.82) is 0 Å². The molecule has 2 aromatic rings. The Labute approximate surface area is 120 Å². The molecule has 0 fully saturated rings. The van der Waals surface area contributed by atoms with Gasteiger partial charge in [-0.05, 0) is 49.9 Å². The Hall–Kier alpha value is -1.69. The largest absolute Gasteiger partial charge is 0.573 e. The molecule has 1 aliphatic carbocycles. The zero-order valence-corrected chi connectivity index (χ0v) is 11.7. The minimum absolute atomic E-state index is 0.00333. The van der Waals surface area contributed by atoms with Crippen molar-refractivity contribution >= 4 is 10.9 Å². The molecule has 1 aromatic carbocycles. The molecule has 2 N–H and O–H groups in total. The van der Waals surface area contributed by atoms with E-state index in [2.05, 4.69) is 9.30 Å². The van der Waals surface area contributed by atoms with Gasteiger partial charge in [0.15, 0.2) is 0 Å². The molecule has 0 saturated heterocycles. The number of aryl methyl sites for hydroxylation is 1. The number of alkyl halides is 3. The Kier molecular flexibility index (Phi) is 3.36. The van der Waals surface area contributed by atoms with Crippen LogP contribution in [0.4, 0.5) is 13.2 Å². The first kappa shape index (κ1) is 14.3. The zero-order chi connectivity index (χ0) is 15.2. The highest BCUT2D eigenvalue weighted by molar-refractivity contribution is 5.87. The molecule has 1 atom stereocenters. The zero-order valence-electron chi connectivity index (χ0n) is 11.7. The van der Waals surface area contributed by atoms with Gasteiger partial charge in [-0.25, -0.2) is 0 Å². The van der Waals surface area contributed by atoms with Crippen LogP contribution in [0.2, 0.25) is 0 Å². The highest BCUT2D eigenvalue weighted by atomic mass is 19.4. The number of hydrogen-bond acceptors (Lipinski definition) is 2. The third-order valence-electron chi connectivity index (χ3n) is 3.80. The fourth-order valence-corrected chi connectivity index (χ4v) is 3.15. The second kappa shape index (κ2) is 4.94. The van der Waals surface area contributed by atoms with Gasteiger partial charge in [0.2, 0.25) is 0 Å². The first-order valence-electron chi connectivity index (χ1n) is 7.00. The lowest BCUT2D eigenvalue weighted by Crippen LogP contribution is -2.23. The van der Waals surface area contributed by atoms with Crippen molar-refractivity contribution in [2.75, 3.05) is 0 Å². The van der Waals surface area contributed by atoms with Crippen LogP contribution in [0.25, 0.3) is 10.9 Å². The fraction of sp³-hybridized carbons (Fsp3) is 0.467. The predicted octanol–water partition coefficient (Wildman–Crippen LogP) is 3.38. The van der Waals surface area contributed by atoms with Crippen LogP contribution in [0, 0.1) is 0 Å². The van der Waals surface area contributed by atoms with Crippen molar-refractivity contribution in [2.24, 2.45) is 5.73 Å². The van der Waals surface area contributed by atoms with Gasteiger partial charge in [-0.3, -0.25) is 0 Å². The van der Waals surface area contributed by atoms with Crippen molar-refractivity contribution in [3.8, 4) is 5.75 Å². The van der Waals surface area contributed by atoms with Crippen molar-refractivity contribution in [3.05, 3.63) is 29.5 Å². The van der Waals surface area contributed by atoms with Gasteiger partial charge in [0.1, 0.15) is 5.75 Å². The van der Waals surface area contributed by atoms with E-state index in [9.17, 15) is 13.2 Å². The van der Waals surface area contributed by atoms with Crippen molar-refractivity contribution in [3.63, 3.8) is 0 Å². The maximum absolute atomic E-state index is 12.3. The van der Waals surface area contributed by atoms with Crippen LogP contribution >= 0.6 is 0 Å². The smallest absolute Gasteiger partial charge is 0.406 e. The van der Waals surface area contributed by atoms with E-state index in [-0.39, 0.29) is 11.8 Å². The summed E-state index contributed by atoms with van der Waals surface area (Å²) in [6, 6.07) is 4.54. The van der Waals surface area contributed by atoms with E-state index in [0.717, 1.165) is 35.7 Å². The van der Waals surface area contributed by atoms with Gasteiger partial charge in [-0.15, -0.1) is 13.2 Å². The number of benzene rings is 1. The summed E-state index contributed by atoms with van der Waals surface area (Å²) in [6.07, 6.45) is -1.78. The summed E-state index contributed by atoms with van der Waals surface area (Å²) in [5.41, 5.74) is 9.16. The molecule has 0 bridgehead atoms. The van der Waals surface area contributed by atoms with Crippen LogP contribution in [0.15, 0.2) is 18.2 Å². The molecular weight excluding hydrogens is 281 g/mol. The molecule has 1 heterocycles. The summed E-state index contributed by atoms with van der Waals surface area (Å²) in [5, 5.41) is 0.852. The minimum Gasteiger partial charge on any atom is -0.406 e. The summed E-state index contributed by atoms with van der Waals surface area (Å²) in [4.78, 5) is 0. The van der Waals surface area contributed by atoms with Gasteiger partial charge in [-0.2, -0.15) is 0 Å². The minimum atomic E-state index is -4.66. The Morgan fingerprint density at radius 2 is 2.10 bits per heavy atom. The average Bonchev–Trinajstić information content (AvgIpc) is 2.90. The summed E-state index contributed by atoms with van der Waals surface area (Å²) >= 11 is 0. The SMILES string of the molecule is C[C@H](N)Cn1c2c(c3cc(OC(F)(F)F)ccc31)CCC2. The Morgan fingerprint density at radius 3 is 2.76 bits per heavy atom. The molecular formula is C15H17F3N2O. The van der Waals surface area contributed by atoms with E-state index >= 15 is 0 Å². The number of fused-ring (bicyclic) bond motifs is 3. The standard InChI is InChI=1S/C15H17F3N2O/c1-9(19)8-20-13-4-2-3-11(13)12-7-10(5-6-14(12)20)21-15(16,17)18/h5-7,9H,2-4,8,19H2,1H3/t9-/m0/s1. The number of rotatable bonds is 3. The molecule has 0 aliphatic heterocycles. The van der Waals surface area contributed by atoms with E-state index < -0.39 is 6.36 Å². The first-order valence-corrected chi connectivity index (χ1v) is 7.00. The van der Waals surface area contributed by atoms with E-state index in [0.29, 0.717) is 6.54 Å². The van der Waals surface area contributed by atoms with Gasteiger partial charge in [0, 0.05) is 29.2 Å². The maximum Gasteiger partial charge on any atom is 0.573 e. The van der Waals surface area contributed by atoms with Crippen LogP contribution in [-0.4, -0.2) is 17.0 Å².